The van der Waals surface area contributed by atoms with E-state index in [0.717, 1.165) is 43.5 Å². The lowest BCUT2D eigenvalue weighted by Gasteiger charge is -2.39. The molecule has 1 saturated heterocycles. The third kappa shape index (κ3) is 4.17. The van der Waals surface area contributed by atoms with Crippen LogP contribution in [0.3, 0.4) is 0 Å². The zero-order chi connectivity index (χ0) is 18.6. The summed E-state index contributed by atoms with van der Waals surface area (Å²) < 4.78 is 8.62. The molecule has 4 rings (SSSR count). The first-order chi connectivity index (χ1) is 13.2. The van der Waals surface area contributed by atoms with E-state index in [-0.39, 0.29) is 12.5 Å². The van der Waals surface area contributed by atoms with Gasteiger partial charge in [0.25, 0.3) is 0 Å². The lowest BCUT2D eigenvalue weighted by molar-refractivity contribution is -0.160. The number of fused-ring (bicyclic) bond motifs is 1. The molecule has 27 heavy (non-hydrogen) atoms. The summed E-state index contributed by atoms with van der Waals surface area (Å²) in [7, 11) is 0. The summed E-state index contributed by atoms with van der Waals surface area (Å²) >= 11 is 0. The molecular formula is C21H27N5O. The van der Waals surface area contributed by atoms with Gasteiger partial charge in [-0.2, -0.15) is 0 Å². The topological polar surface area (TPSA) is 56.1 Å². The van der Waals surface area contributed by atoms with Crippen molar-refractivity contribution in [2.24, 2.45) is 5.92 Å². The Balaban J connectivity index is 1.54. The van der Waals surface area contributed by atoms with Crippen LogP contribution in [0, 0.1) is 5.92 Å². The summed E-state index contributed by atoms with van der Waals surface area (Å²) in [5, 5.41) is 0. The zero-order valence-electron chi connectivity index (χ0n) is 16.0. The SMILES string of the molecule is CC(C)CN(Cc1ccccc1)C1CCCC(n2cnc3cncnc32)O1. The molecule has 2 unspecified atom stereocenters. The van der Waals surface area contributed by atoms with Gasteiger partial charge in [0.15, 0.2) is 5.65 Å². The Morgan fingerprint density at radius 1 is 1.19 bits per heavy atom. The second-order valence-corrected chi connectivity index (χ2v) is 7.67. The van der Waals surface area contributed by atoms with Crippen molar-refractivity contribution in [2.45, 2.75) is 52.1 Å². The molecular weight excluding hydrogens is 338 g/mol. The van der Waals surface area contributed by atoms with E-state index in [1.807, 2.05) is 6.33 Å². The lowest BCUT2D eigenvalue weighted by atomic mass is 10.1. The molecule has 1 fully saturated rings. The van der Waals surface area contributed by atoms with Crippen LogP contribution in [0.5, 0.6) is 0 Å². The summed E-state index contributed by atoms with van der Waals surface area (Å²) in [6, 6.07) is 10.6. The molecule has 1 aliphatic rings. The number of hydrogen-bond donors (Lipinski definition) is 0. The Morgan fingerprint density at radius 2 is 2.04 bits per heavy atom. The quantitative estimate of drug-likeness (QED) is 0.661. The summed E-state index contributed by atoms with van der Waals surface area (Å²) in [6.07, 6.45) is 8.38. The number of ether oxygens (including phenoxy) is 1. The predicted octanol–water partition coefficient (Wildman–Crippen LogP) is 4.01. The average Bonchev–Trinajstić information content (AvgIpc) is 3.12. The van der Waals surface area contributed by atoms with Crippen LogP contribution in [0.2, 0.25) is 0 Å². The molecule has 0 radical (unpaired) electrons. The van der Waals surface area contributed by atoms with Crippen molar-refractivity contribution in [1.82, 2.24) is 24.4 Å². The van der Waals surface area contributed by atoms with Crippen molar-refractivity contribution >= 4 is 11.2 Å². The Bertz CT molecular complexity index is 863. The molecule has 1 aliphatic heterocycles. The second kappa shape index (κ2) is 8.15. The van der Waals surface area contributed by atoms with Gasteiger partial charge in [0.2, 0.25) is 0 Å². The molecule has 1 aromatic carbocycles. The van der Waals surface area contributed by atoms with E-state index in [1.54, 1.807) is 12.5 Å². The summed E-state index contributed by atoms with van der Waals surface area (Å²) in [5.41, 5.74) is 2.98. The first-order valence-corrected chi connectivity index (χ1v) is 9.76. The molecule has 2 aromatic heterocycles. The van der Waals surface area contributed by atoms with Crippen LogP contribution >= 0.6 is 0 Å². The molecule has 2 atom stereocenters. The van der Waals surface area contributed by atoms with Gasteiger partial charge in [0.1, 0.15) is 24.3 Å². The number of hydrogen-bond acceptors (Lipinski definition) is 5. The van der Waals surface area contributed by atoms with Gasteiger partial charge in [0, 0.05) is 13.1 Å². The van der Waals surface area contributed by atoms with Crippen LogP contribution in [-0.2, 0) is 11.3 Å². The number of rotatable bonds is 6. The highest BCUT2D eigenvalue weighted by Crippen LogP contribution is 2.31. The Kier molecular flexibility index (Phi) is 5.45. The third-order valence-corrected chi connectivity index (χ3v) is 5.00. The van der Waals surface area contributed by atoms with Gasteiger partial charge in [-0.1, -0.05) is 44.2 Å². The number of benzene rings is 1. The first-order valence-electron chi connectivity index (χ1n) is 9.76. The molecule has 6 heteroatoms. The molecule has 142 valence electrons. The monoisotopic (exact) mass is 365 g/mol. The van der Waals surface area contributed by atoms with E-state index < -0.39 is 0 Å². The fraction of sp³-hybridized carbons (Fsp3) is 0.476. The van der Waals surface area contributed by atoms with E-state index >= 15 is 0 Å². The predicted molar refractivity (Wildman–Crippen MR) is 105 cm³/mol. The average molecular weight is 365 g/mol. The van der Waals surface area contributed by atoms with Gasteiger partial charge in [-0.05, 0) is 30.7 Å². The molecule has 0 bridgehead atoms. The van der Waals surface area contributed by atoms with Crippen molar-refractivity contribution in [3.63, 3.8) is 0 Å². The maximum Gasteiger partial charge on any atom is 0.165 e. The molecule has 3 aromatic rings. The maximum atomic E-state index is 6.56. The van der Waals surface area contributed by atoms with Gasteiger partial charge >= 0.3 is 0 Å². The van der Waals surface area contributed by atoms with Crippen molar-refractivity contribution in [2.75, 3.05) is 6.54 Å². The smallest absolute Gasteiger partial charge is 0.165 e. The van der Waals surface area contributed by atoms with Crippen LogP contribution in [0.25, 0.3) is 11.2 Å². The van der Waals surface area contributed by atoms with Crippen LogP contribution in [0.15, 0.2) is 49.2 Å². The van der Waals surface area contributed by atoms with Gasteiger partial charge in [-0.3, -0.25) is 9.47 Å². The van der Waals surface area contributed by atoms with Crippen molar-refractivity contribution in [1.29, 1.82) is 0 Å². The number of nitrogens with zero attached hydrogens (tertiary/aromatic N) is 5. The molecule has 3 heterocycles. The third-order valence-electron chi connectivity index (χ3n) is 5.00. The fourth-order valence-corrected chi connectivity index (χ4v) is 3.82. The van der Waals surface area contributed by atoms with E-state index in [9.17, 15) is 0 Å². The highest BCUT2D eigenvalue weighted by molar-refractivity contribution is 5.68. The zero-order valence-corrected chi connectivity index (χ0v) is 16.0. The van der Waals surface area contributed by atoms with Crippen LogP contribution in [0.1, 0.15) is 44.9 Å². The maximum absolute atomic E-state index is 6.56. The van der Waals surface area contributed by atoms with Crippen molar-refractivity contribution in [3.8, 4) is 0 Å². The van der Waals surface area contributed by atoms with Gasteiger partial charge < -0.3 is 4.74 Å². The molecule has 6 nitrogen and oxygen atoms in total. The van der Waals surface area contributed by atoms with Gasteiger partial charge in [-0.25, -0.2) is 15.0 Å². The van der Waals surface area contributed by atoms with Crippen molar-refractivity contribution < 1.29 is 4.74 Å². The molecule has 0 amide bonds. The minimum atomic E-state index is -0.0333. The minimum absolute atomic E-state index is 0.0333. The van der Waals surface area contributed by atoms with Crippen LogP contribution < -0.4 is 0 Å². The molecule has 0 N–H and O–H groups in total. The van der Waals surface area contributed by atoms with Crippen LogP contribution in [-0.4, -0.2) is 37.2 Å². The standard InChI is InChI=1S/C21H27N5O/c1-16(2)12-25(13-17-7-4-3-5-8-17)19-9-6-10-20(27-19)26-15-24-18-11-22-14-23-21(18)26/h3-5,7-8,11,14-16,19-20H,6,9-10,12-13H2,1-2H3. The summed E-state index contributed by atoms with van der Waals surface area (Å²) in [5.74, 6) is 0.583. The summed E-state index contributed by atoms with van der Waals surface area (Å²) in [6.45, 7) is 6.44. The summed E-state index contributed by atoms with van der Waals surface area (Å²) in [4.78, 5) is 15.4. The normalized spacial score (nSPS) is 20.6. The van der Waals surface area contributed by atoms with Gasteiger partial charge in [-0.15, -0.1) is 0 Å². The van der Waals surface area contributed by atoms with E-state index in [0.29, 0.717) is 5.92 Å². The number of imidazole rings is 1. The molecule has 0 spiro atoms. The fourth-order valence-electron chi connectivity index (χ4n) is 3.82. The Hall–Kier alpha value is -2.31. The Morgan fingerprint density at radius 3 is 2.85 bits per heavy atom. The van der Waals surface area contributed by atoms with E-state index in [4.69, 9.17) is 4.74 Å². The van der Waals surface area contributed by atoms with Crippen molar-refractivity contribution in [3.05, 3.63) is 54.7 Å². The van der Waals surface area contributed by atoms with E-state index in [2.05, 4.69) is 68.6 Å². The largest absolute Gasteiger partial charge is 0.340 e. The highest BCUT2D eigenvalue weighted by Gasteiger charge is 2.29. The minimum Gasteiger partial charge on any atom is -0.340 e. The molecule has 0 saturated carbocycles. The van der Waals surface area contributed by atoms with Gasteiger partial charge in [0.05, 0.1) is 12.5 Å². The lowest BCUT2D eigenvalue weighted by Crippen LogP contribution is -2.42. The first kappa shape index (κ1) is 18.1. The van der Waals surface area contributed by atoms with E-state index in [1.165, 1.54) is 5.56 Å². The number of aromatic nitrogens is 4. The highest BCUT2D eigenvalue weighted by atomic mass is 16.5. The van der Waals surface area contributed by atoms with Crippen LogP contribution in [0.4, 0.5) is 0 Å². The second-order valence-electron chi connectivity index (χ2n) is 7.67. The Labute approximate surface area is 160 Å². The molecule has 0 aliphatic carbocycles.